The van der Waals surface area contributed by atoms with E-state index >= 15 is 0 Å². The lowest BCUT2D eigenvalue weighted by Gasteiger charge is -2.30. The number of hydrogen-bond acceptors (Lipinski definition) is 1. The van der Waals surface area contributed by atoms with Gasteiger partial charge in [0.25, 0.3) is 0 Å². The molecule has 0 N–H and O–H groups in total. The third-order valence-corrected chi connectivity index (χ3v) is 9.95. The zero-order valence-electron chi connectivity index (χ0n) is 18.9. The fraction of sp³-hybridized carbons (Fsp3) is 0.133. The van der Waals surface area contributed by atoms with Gasteiger partial charge in [-0.05, 0) is 58.6 Å². The average Bonchev–Trinajstić information content (AvgIpc) is 3.30. The Morgan fingerprint density at radius 1 is 0.750 bits per heavy atom. The third-order valence-electron chi connectivity index (χ3n) is 6.45. The molecule has 0 saturated carbocycles. The van der Waals surface area contributed by atoms with Crippen molar-refractivity contribution in [3.8, 4) is 22.6 Å². The monoisotopic (exact) mass is 432 g/mol. The van der Waals surface area contributed by atoms with Crippen molar-refractivity contribution in [2.75, 3.05) is 0 Å². The first-order chi connectivity index (χ1) is 15.5. The lowest BCUT2D eigenvalue weighted by Crippen LogP contribution is -2.54. The summed E-state index contributed by atoms with van der Waals surface area (Å²) in [5.41, 5.74) is 6.46. The summed E-state index contributed by atoms with van der Waals surface area (Å²) in [6.45, 7) is 7.11. The van der Waals surface area contributed by atoms with Crippen LogP contribution in [0.5, 0.6) is 11.5 Å². The van der Waals surface area contributed by atoms with Crippen molar-refractivity contribution in [2.45, 2.75) is 26.4 Å². The molecule has 2 heteroatoms. The molecule has 0 aliphatic heterocycles. The van der Waals surface area contributed by atoms with E-state index in [2.05, 4.69) is 92.8 Å². The molecule has 5 rings (SSSR count). The molecule has 0 amide bonds. The van der Waals surface area contributed by atoms with Gasteiger partial charge < -0.3 is 4.74 Å². The van der Waals surface area contributed by atoms with Crippen LogP contribution in [0.1, 0.15) is 16.7 Å². The van der Waals surface area contributed by atoms with Crippen LogP contribution >= 0.6 is 0 Å². The molecule has 0 heterocycles. The standard InChI is InChI=1S/C30H28OSi/c1-22-20-27(24-12-6-4-7-13-24)30(31-25-16-8-5-9-17-25)29(21-22)32(2,3)28-19-11-15-23-14-10-18-26(23)28/h4-13,15-21H,14H2,1-3H3. The number of allylic oxidation sites excluding steroid dienone is 1. The van der Waals surface area contributed by atoms with Crippen LogP contribution in [0.2, 0.25) is 13.1 Å². The molecule has 4 aromatic carbocycles. The van der Waals surface area contributed by atoms with E-state index in [0.717, 1.165) is 23.5 Å². The first-order valence-corrected chi connectivity index (χ1v) is 14.3. The van der Waals surface area contributed by atoms with Gasteiger partial charge in [0.2, 0.25) is 0 Å². The van der Waals surface area contributed by atoms with Gasteiger partial charge in [-0.3, -0.25) is 0 Å². The van der Waals surface area contributed by atoms with E-state index in [9.17, 15) is 0 Å². The summed E-state index contributed by atoms with van der Waals surface area (Å²) >= 11 is 0. The molecule has 0 saturated heterocycles. The van der Waals surface area contributed by atoms with Gasteiger partial charge in [0.15, 0.2) is 0 Å². The van der Waals surface area contributed by atoms with Crippen LogP contribution in [0.15, 0.2) is 97.1 Å². The van der Waals surface area contributed by atoms with E-state index in [-0.39, 0.29) is 0 Å². The fourth-order valence-corrected chi connectivity index (χ4v) is 7.83. The van der Waals surface area contributed by atoms with Crippen molar-refractivity contribution in [3.05, 3.63) is 114 Å². The Balaban J connectivity index is 1.75. The van der Waals surface area contributed by atoms with Crippen LogP contribution in [-0.4, -0.2) is 8.07 Å². The van der Waals surface area contributed by atoms with E-state index in [0.29, 0.717) is 0 Å². The Labute approximate surface area is 192 Å². The quantitative estimate of drug-likeness (QED) is 0.314. The van der Waals surface area contributed by atoms with E-state index < -0.39 is 8.07 Å². The summed E-state index contributed by atoms with van der Waals surface area (Å²) in [6, 6.07) is 32.2. The zero-order chi connectivity index (χ0) is 22.1. The molecule has 0 bridgehead atoms. The summed E-state index contributed by atoms with van der Waals surface area (Å²) in [4.78, 5) is 0. The second-order valence-corrected chi connectivity index (χ2v) is 13.4. The van der Waals surface area contributed by atoms with Crippen molar-refractivity contribution in [1.29, 1.82) is 0 Å². The lowest BCUT2D eigenvalue weighted by atomic mass is 10.0. The average molecular weight is 433 g/mol. The fourth-order valence-electron chi connectivity index (χ4n) is 4.77. The highest BCUT2D eigenvalue weighted by Gasteiger charge is 2.34. The predicted molar refractivity (Wildman–Crippen MR) is 139 cm³/mol. The maximum atomic E-state index is 6.69. The molecule has 0 radical (unpaired) electrons. The summed E-state index contributed by atoms with van der Waals surface area (Å²) in [5.74, 6) is 1.86. The van der Waals surface area contributed by atoms with Crippen molar-refractivity contribution in [2.24, 2.45) is 0 Å². The van der Waals surface area contributed by atoms with Crippen LogP contribution in [-0.2, 0) is 6.42 Å². The number of rotatable bonds is 5. The molecule has 0 fully saturated rings. The molecular weight excluding hydrogens is 404 g/mol. The second kappa shape index (κ2) is 8.29. The smallest absolute Gasteiger partial charge is 0.134 e. The van der Waals surface area contributed by atoms with Gasteiger partial charge in [-0.25, -0.2) is 0 Å². The Bertz CT molecular complexity index is 1290. The van der Waals surface area contributed by atoms with Crippen molar-refractivity contribution >= 4 is 24.5 Å². The Hall–Kier alpha value is -3.36. The van der Waals surface area contributed by atoms with E-state index in [1.165, 1.54) is 32.6 Å². The van der Waals surface area contributed by atoms with Gasteiger partial charge >= 0.3 is 0 Å². The molecule has 1 aliphatic carbocycles. The molecule has 1 nitrogen and oxygen atoms in total. The van der Waals surface area contributed by atoms with E-state index in [1.54, 1.807) is 0 Å². The van der Waals surface area contributed by atoms with Crippen molar-refractivity contribution < 1.29 is 4.74 Å². The highest BCUT2D eigenvalue weighted by molar-refractivity contribution is 7.01. The number of hydrogen-bond donors (Lipinski definition) is 0. The van der Waals surface area contributed by atoms with Gasteiger partial charge in [-0.1, -0.05) is 104 Å². The maximum absolute atomic E-state index is 6.69. The molecule has 0 aromatic heterocycles. The summed E-state index contributed by atoms with van der Waals surface area (Å²) in [6.07, 6.45) is 5.63. The maximum Gasteiger partial charge on any atom is 0.134 e. The zero-order valence-corrected chi connectivity index (χ0v) is 19.9. The molecule has 158 valence electrons. The van der Waals surface area contributed by atoms with Crippen molar-refractivity contribution in [3.63, 3.8) is 0 Å². The number of aryl methyl sites for hydroxylation is 1. The lowest BCUT2D eigenvalue weighted by molar-refractivity contribution is 0.488. The summed E-state index contributed by atoms with van der Waals surface area (Å²) in [7, 11) is -2.08. The Morgan fingerprint density at radius 2 is 1.47 bits per heavy atom. The van der Waals surface area contributed by atoms with Crippen LogP contribution in [0.3, 0.4) is 0 Å². The Kier molecular flexibility index (Phi) is 5.32. The largest absolute Gasteiger partial charge is 0.457 e. The first kappa shape index (κ1) is 20.5. The first-order valence-electron chi connectivity index (χ1n) is 11.3. The normalized spacial score (nSPS) is 12.6. The molecule has 32 heavy (non-hydrogen) atoms. The molecule has 4 aromatic rings. The van der Waals surface area contributed by atoms with Crippen molar-refractivity contribution in [1.82, 2.24) is 0 Å². The highest BCUT2D eigenvalue weighted by Crippen LogP contribution is 2.35. The Morgan fingerprint density at radius 3 is 2.22 bits per heavy atom. The van der Waals surface area contributed by atoms with Crippen LogP contribution in [0.25, 0.3) is 17.2 Å². The van der Waals surface area contributed by atoms with Gasteiger partial charge in [-0.15, -0.1) is 0 Å². The van der Waals surface area contributed by atoms with E-state index in [1.807, 2.05) is 30.3 Å². The molecule has 0 spiro atoms. The second-order valence-electron chi connectivity index (χ2n) is 9.08. The minimum atomic E-state index is -2.08. The number of benzene rings is 4. The summed E-state index contributed by atoms with van der Waals surface area (Å²) < 4.78 is 6.69. The number of ether oxygens (including phenoxy) is 1. The minimum absolute atomic E-state index is 0.873. The molecular formula is C30H28OSi. The minimum Gasteiger partial charge on any atom is -0.457 e. The third kappa shape index (κ3) is 3.72. The predicted octanol–water partition coefficient (Wildman–Crippen LogP) is 6.85. The SMILES string of the molecule is Cc1cc(-c2ccccc2)c(Oc2ccccc2)c([Si](C)(C)c2cccc3c2C=CC3)c1. The van der Waals surface area contributed by atoms with E-state index in [4.69, 9.17) is 4.74 Å². The molecule has 1 aliphatic rings. The molecule has 0 atom stereocenters. The topological polar surface area (TPSA) is 9.23 Å². The molecule has 0 unspecified atom stereocenters. The van der Waals surface area contributed by atoms with Crippen LogP contribution in [0, 0.1) is 6.92 Å². The number of fused-ring (bicyclic) bond motifs is 1. The number of para-hydroxylation sites is 1. The van der Waals surface area contributed by atoms with Crippen LogP contribution < -0.4 is 15.1 Å². The van der Waals surface area contributed by atoms with Gasteiger partial charge in [-0.2, -0.15) is 0 Å². The van der Waals surface area contributed by atoms with Gasteiger partial charge in [0.1, 0.15) is 19.6 Å². The van der Waals surface area contributed by atoms with Gasteiger partial charge in [0.05, 0.1) is 0 Å². The highest BCUT2D eigenvalue weighted by atomic mass is 28.3. The summed E-state index contributed by atoms with van der Waals surface area (Å²) in [5, 5.41) is 2.82. The van der Waals surface area contributed by atoms with Crippen LogP contribution in [0.4, 0.5) is 0 Å². The van der Waals surface area contributed by atoms with Gasteiger partial charge in [0, 0.05) is 5.56 Å².